The summed E-state index contributed by atoms with van der Waals surface area (Å²) in [4.78, 5) is 35.6. The number of aliphatic carboxylic acids is 1. The topological polar surface area (TPSA) is 201 Å². The van der Waals surface area contributed by atoms with E-state index in [2.05, 4.69) is 25.6 Å². The number of amides is 1. The van der Waals surface area contributed by atoms with Crippen molar-refractivity contribution in [2.75, 3.05) is 6.54 Å². The van der Waals surface area contributed by atoms with Crippen molar-refractivity contribution >= 4 is 29.2 Å². The minimum atomic E-state index is -1.20. The van der Waals surface area contributed by atoms with E-state index in [9.17, 15) is 19.8 Å². The van der Waals surface area contributed by atoms with E-state index in [0.717, 1.165) is 12.8 Å². The number of nitrogens with two attached hydrogens (primary N) is 1. The van der Waals surface area contributed by atoms with Crippen molar-refractivity contribution in [1.29, 1.82) is 5.41 Å². The SMILES string of the molecule is CCCC[C@@H](OC(=O)N[C@@H](CCCNC(=N)N)C(=O)O)n1cnc2c(O)ncnc21. The number of hydrogen-bond donors (Lipinski definition) is 6. The number of carboxylic acids is 1. The number of carboxylic acid groups (broad SMARTS) is 1. The third kappa shape index (κ3) is 6.18. The molecule has 2 rings (SSSR count). The minimum absolute atomic E-state index is 0.124. The average Bonchev–Trinajstić information content (AvgIpc) is 3.12. The normalized spacial score (nSPS) is 12.8. The van der Waals surface area contributed by atoms with Gasteiger partial charge in [-0.1, -0.05) is 13.3 Å². The molecule has 0 unspecified atom stereocenters. The molecule has 1 amide bonds. The number of fused-ring (bicyclic) bond motifs is 1. The highest BCUT2D eigenvalue weighted by Crippen LogP contribution is 2.25. The molecule has 13 heteroatoms. The van der Waals surface area contributed by atoms with Crippen LogP contribution in [0.3, 0.4) is 0 Å². The van der Waals surface area contributed by atoms with Crippen LogP contribution in [0.4, 0.5) is 4.79 Å². The smallest absolute Gasteiger partial charge is 0.409 e. The molecule has 2 aromatic rings. The fourth-order valence-electron chi connectivity index (χ4n) is 2.77. The Morgan fingerprint density at radius 2 is 2.07 bits per heavy atom. The molecule has 2 heterocycles. The molecule has 0 spiro atoms. The molecule has 164 valence electrons. The zero-order valence-electron chi connectivity index (χ0n) is 16.5. The van der Waals surface area contributed by atoms with Crippen LogP contribution < -0.4 is 16.4 Å². The highest BCUT2D eigenvalue weighted by molar-refractivity contribution is 5.80. The lowest BCUT2D eigenvalue weighted by Gasteiger charge is -2.21. The van der Waals surface area contributed by atoms with Crippen LogP contribution in [0.5, 0.6) is 5.88 Å². The number of aromatic nitrogens is 4. The van der Waals surface area contributed by atoms with E-state index >= 15 is 0 Å². The molecule has 0 aliphatic rings. The van der Waals surface area contributed by atoms with Crippen LogP contribution in [0.1, 0.15) is 45.3 Å². The number of ether oxygens (including phenoxy) is 1. The Morgan fingerprint density at radius 3 is 2.73 bits per heavy atom. The zero-order chi connectivity index (χ0) is 22.1. The van der Waals surface area contributed by atoms with Gasteiger partial charge in [0.25, 0.3) is 0 Å². The summed E-state index contributed by atoms with van der Waals surface area (Å²) in [6.07, 6.45) is 3.37. The Hall–Kier alpha value is -3.64. The Kier molecular flexibility index (Phi) is 8.14. The minimum Gasteiger partial charge on any atom is -0.492 e. The van der Waals surface area contributed by atoms with Crippen molar-refractivity contribution < 1.29 is 24.5 Å². The van der Waals surface area contributed by atoms with E-state index in [1.165, 1.54) is 17.2 Å². The van der Waals surface area contributed by atoms with Gasteiger partial charge in [-0.05, 0) is 19.3 Å². The predicted octanol–water partition coefficient (Wildman–Crippen LogP) is 0.663. The Bertz CT molecular complexity index is 886. The first-order valence-electron chi connectivity index (χ1n) is 9.47. The molecular formula is C17H26N8O5. The molecule has 7 N–H and O–H groups in total. The molecule has 0 aliphatic heterocycles. The summed E-state index contributed by atoms with van der Waals surface area (Å²) in [6.45, 7) is 2.28. The molecule has 2 aromatic heterocycles. The summed E-state index contributed by atoms with van der Waals surface area (Å²) in [7, 11) is 0. The number of hydrogen-bond acceptors (Lipinski definition) is 8. The number of carbonyl (C=O) groups is 2. The number of aromatic hydroxyl groups is 1. The summed E-state index contributed by atoms with van der Waals surface area (Å²) in [5.41, 5.74) is 5.64. The van der Waals surface area contributed by atoms with Gasteiger partial charge >= 0.3 is 12.1 Å². The Morgan fingerprint density at radius 1 is 1.30 bits per heavy atom. The Balaban J connectivity index is 2.07. The van der Waals surface area contributed by atoms with Gasteiger partial charge in [0.05, 0.1) is 0 Å². The van der Waals surface area contributed by atoms with Crippen LogP contribution in [-0.4, -0.2) is 60.3 Å². The van der Waals surface area contributed by atoms with Gasteiger partial charge in [-0.3, -0.25) is 9.98 Å². The number of imidazole rings is 1. The van der Waals surface area contributed by atoms with Crippen LogP contribution in [0.2, 0.25) is 0 Å². The lowest BCUT2D eigenvalue weighted by molar-refractivity contribution is -0.139. The summed E-state index contributed by atoms with van der Waals surface area (Å²) < 4.78 is 6.97. The van der Waals surface area contributed by atoms with Crippen molar-refractivity contribution in [3.05, 3.63) is 12.7 Å². The number of rotatable bonds is 11. The number of alkyl carbamates (subject to hydrolysis) is 1. The first-order chi connectivity index (χ1) is 14.3. The largest absolute Gasteiger partial charge is 0.492 e. The van der Waals surface area contributed by atoms with Crippen LogP contribution >= 0.6 is 0 Å². The molecule has 0 radical (unpaired) electrons. The summed E-state index contributed by atoms with van der Waals surface area (Å²) in [5, 5.41) is 31.1. The predicted molar refractivity (Wildman–Crippen MR) is 106 cm³/mol. The van der Waals surface area contributed by atoms with Gasteiger partial charge in [0.1, 0.15) is 18.7 Å². The molecule has 2 atom stereocenters. The molecule has 0 fully saturated rings. The van der Waals surface area contributed by atoms with Crippen molar-refractivity contribution in [2.45, 2.75) is 51.3 Å². The lowest BCUT2D eigenvalue weighted by Crippen LogP contribution is -2.42. The highest BCUT2D eigenvalue weighted by atomic mass is 16.6. The monoisotopic (exact) mass is 422 g/mol. The standard InChI is InChI=1S/C17H26N8O5/c1-2-3-6-11(25-9-23-12-13(25)21-8-22-14(12)26)30-17(29)24-10(15(27)28)5-4-7-20-16(18)19/h8-11H,2-7H2,1H3,(H,24,29)(H,27,28)(H4,18,19,20)(H,21,22,26)/t10-,11+/m0/s1. The average molecular weight is 422 g/mol. The van der Waals surface area contributed by atoms with E-state index < -0.39 is 24.3 Å². The van der Waals surface area contributed by atoms with E-state index in [1.807, 2.05) is 6.92 Å². The van der Waals surface area contributed by atoms with Crippen LogP contribution in [0.25, 0.3) is 11.2 Å². The zero-order valence-corrected chi connectivity index (χ0v) is 16.5. The first-order valence-corrected chi connectivity index (χ1v) is 9.47. The van der Waals surface area contributed by atoms with Gasteiger partial charge in [0, 0.05) is 13.0 Å². The second kappa shape index (κ2) is 10.8. The molecule has 13 nitrogen and oxygen atoms in total. The highest BCUT2D eigenvalue weighted by Gasteiger charge is 2.24. The van der Waals surface area contributed by atoms with E-state index in [1.54, 1.807) is 0 Å². The molecule has 0 saturated heterocycles. The second-order valence-corrected chi connectivity index (χ2v) is 6.54. The number of guanidine groups is 1. The van der Waals surface area contributed by atoms with Gasteiger partial charge < -0.3 is 31.3 Å². The molecular weight excluding hydrogens is 396 g/mol. The molecule has 0 bridgehead atoms. The van der Waals surface area contributed by atoms with Crippen molar-refractivity contribution in [1.82, 2.24) is 30.2 Å². The van der Waals surface area contributed by atoms with E-state index in [0.29, 0.717) is 25.0 Å². The van der Waals surface area contributed by atoms with Crippen LogP contribution in [-0.2, 0) is 9.53 Å². The van der Waals surface area contributed by atoms with E-state index in [4.69, 9.17) is 15.9 Å². The molecule has 0 aliphatic carbocycles. The van der Waals surface area contributed by atoms with Crippen LogP contribution in [0.15, 0.2) is 12.7 Å². The van der Waals surface area contributed by atoms with E-state index in [-0.39, 0.29) is 23.8 Å². The third-order valence-corrected chi connectivity index (χ3v) is 4.27. The van der Waals surface area contributed by atoms with Crippen molar-refractivity contribution in [3.63, 3.8) is 0 Å². The van der Waals surface area contributed by atoms with Crippen molar-refractivity contribution in [3.8, 4) is 5.88 Å². The maximum atomic E-state index is 12.4. The van der Waals surface area contributed by atoms with Gasteiger partial charge in [0.2, 0.25) is 5.88 Å². The number of nitrogens with one attached hydrogen (secondary N) is 3. The summed E-state index contributed by atoms with van der Waals surface area (Å²) in [6, 6.07) is -1.16. The van der Waals surface area contributed by atoms with Crippen molar-refractivity contribution in [2.24, 2.45) is 5.73 Å². The van der Waals surface area contributed by atoms with Gasteiger partial charge in [-0.25, -0.2) is 19.6 Å². The van der Waals surface area contributed by atoms with Gasteiger partial charge in [-0.15, -0.1) is 0 Å². The molecule has 30 heavy (non-hydrogen) atoms. The first kappa shape index (κ1) is 22.6. The Labute approximate surface area is 172 Å². The van der Waals surface area contributed by atoms with Gasteiger partial charge in [-0.2, -0.15) is 4.98 Å². The maximum Gasteiger partial charge on any atom is 0.409 e. The number of unbranched alkanes of at least 4 members (excludes halogenated alkanes) is 1. The van der Waals surface area contributed by atoms with Gasteiger partial charge in [0.15, 0.2) is 23.4 Å². The third-order valence-electron chi connectivity index (χ3n) is 4.27. The fourth-order valence-corrected chi connectivity index (χ4v) is 2.77. The maximum absolute atomic E-state index is 12.4. The number of nitrogens with zero attached hydrogens (tertiary/aromatic N) is 4. The summed E-state index contributed by atoms with van der Waals surface area (Å²) >= 11 is 0. The number of carbonyl (C=O) groups excluding carboxylic acids is 1. The quantitative estimate of drug-likeness (QED) is 0.170. The summed E-state index contributed by atoms with van der Waals surface area (Å²) in [5.74, 6) is -1.71. The second-order valence-electron chi connectivity index (χ2n) is 6.54. The molecule has 0 saturated carbocycles. The van der Waals surface area contributed by atoms with Crippen LogP contribution in [0, 0.1) is 5.41 Å². The fraction of sp³-hybridized carbons (Fsp3) is 0.529. The molecule has 0 aromatic carbocycles. The lowest BCUT2D eigenvalue weighted by atomic mass is 10.1.